The topological polar surface area (TPSA) is 99.1 Å². The van der Waals surface area contributed by atoms with Crippen LogP contribution in [-0.4, -0.2) is 75.8 Å². The van der Waals surface area contributed by atoms with Crippen molar-refractivity contribution in [1.82, 2.24) is 19.8 Å². The molecule has 2 saturated heterocycles. The number of carbonyl (C=O) groups excluding carboxylic acids is 1. The molecule has 2 atom stereocenters. The predicted molar refractivity (Wildman–Crippen MR) is 137 cm³/mol. The van der Waals surface area contributed by atoms with Gasteiger partial charge in [-0.1, -0.05) is 17.7 Å². The summed E-state index contributed by atoms with van der Waals surface area (Å²) >= 11 is 7.28. The molecule has 2 fully saturated rings. The number of amides is 1. The van der Waals surface area contributed by atoms with Gasteiger partial charge in [0.15, 0.2) is 10.9 Å². The maximum atomic E-state index is 14.5. The zero-order chi connectivity index (χ0) is 26.3. The van der Waals surface area contributed by atoms with Crippen LogP contribution >= 0.6 is 22.9 Å². The van der Waals surface area contributed by atoms with Crippen molar-refractivity contribution in [2.75, 3.05) is 31.8 Å². The summed E-state index contributed by atoms with van der Waals surface area (Å²) in [6, 6.07) is 5.97. The van der Waals surface area contributed by atoms with E-state index in [2.05, 4.69) is 9.88 Å². The molecule has 0 saturated carbocycles. The molecule has 5 rings (SSSR count). The number of methoxy groups -OCH3 is 1. The monoisotopic (exact) mass is 545 g/mol. The molecule has 194 valence electrons. The zero-order valence-corrected chi connectivity index (χ0v) is 21.8. The molecule has 1 amide bonds. The SMILES string of the molecule is COCN(c1cc(C(=O)O)c(C)c(CN2C[C@@H]3C[C@H]2CN3C(=O)c2cccc(Cl)c2F)n1)c1nccs1. The van der Waals surface area contributed by atoms with Gasteiger partial charge in [0.2, 0.25) is 0 Å². The predicted octanol–water partition coefficient (Wildman–Crippen LogP) is 4.18. The number of fused-ring (bicyclic) bond motifs is 2. The molecule has 37 heavy (non-hydrogen) atoms. The number of piperazine rings is 1. The average Bonchev–Trinajstić information content (AvgIpc) is 3.63. The molecule has 0 spiro atoms. The third kappa shape index (κ3) is 4.79. The number of carboxylic acids is 1. The average molecular weight is 546 g/mol. The van der Waals surface area contributed by atoms with E-state index >= 15 is 0 Å². The highest BCUT2D eigenvalue weighted by Crippen LogP contribution is 2.35. The minimum absolute atomic E-state index is 0.0247. The lowest BCUT2D eigenvalue weighted by Gasteiger charge is -2.34. The molecule has 12 heteroatoms. The van der Waals surface area contributed by atoms with Crippen molar-refractivity contribution in [3.63, 3.8) is 0 Å². The number of nitrogens with zero attached hydrogens (tertiary/aromatic N) is 5. The second-order valence-corrected chi connectivity index (χ2v) is 10.4. The summed E-state index contributed by atoms with van der Waals surface area (Å²) in [5.41, 5.74) is 1.36. The van der Waals surface area contributed by atoms with Crippen molar-refractivity contribution in [2.24, 2.45) is 0 Å². The van der Waals surface area contributed by atoms with Crippen LogP contribution in [0.3, 0.4) is 0 Å². The highest BCUT2D eigenvalue weighted by atomic mass is 35.5. The highest BCUT2D eigenvalue weighted by molar-refractivity contribution is 7.13. The molecular weight excluding hydrogens is 521 g/mol. The summed E-state index contributed by atoms with van der Waals surface area (Å²) in [4.78, 5) is 39.9. The minimum Gasteiger partial charge on any atom is -0.478 e. The number of ether oxygens (including phenoxy) is 1. The van der Waals surface area contributed by atoms with Gasteiger partial charge in [0, 0.05) is 50.4 Å². The molecule has 2 aliphatic rings. The molecule has 3 aromatic rings. The molecule has 0 unspecified atom stereocenters. The smallest absolute Gasteiger partial charge is 0.336 e. The molecule has 9 nitrogen and oxygen atoms in total. The Kier molecular flexibility index (Phi) is 7.13. The van der Waals surface area contributed by atoms with Crippen molar-refractivity contribution >= 4 is 45.8 Å². The number of carbonyl (C=O) groups is 2. The van der Waals surface area contributed by atoms with Crippen LogP contribution in [0.25, 0.3) is 0 Å². The number of hydrogen-bond donors (Lipinski definition) is 1. The lowest BCUT2D eigenvalue weighted by atomic mass is 10.1. The summed E-state index contributed by atoms with van der Waals surface area (Å²) in [6.07, 6.45) is 2.42. The number of benzene rings is 1. The number of likely N-dealkylation sites (tertiary alicyclic amines) is 2. The van der Waals surface area contributed by atoms with Gasteiger partial charge < -0.3 is 14.7 Å². The standard InChI is InChI=1S/C25H25ClFN5O4S/c1-14-18(24(34)35)9-21(32(13-36-2)25-28-6-7-37-25)29-20(14)12-30-10-16-8-15(30)11-31(16)23(33)17-4-3-5-19(26)22(17)27/h3-7,9,15-16H,8,10-13H2,1-2H3,(H,34,35)/t15-,16-/m0/s1. The van der Waals surface area contributed by atoms with Crippen LogP contribution < -0.4 is 4.90 Å². The van der Waals surface area contributed by atoms with Gasteiger partial charge in [-0.25, -0.2) is 19.2 Å². The molecular formula is C25H25ClFN5O4S. The fourth-order valence-corrected chi connectivity index (χ4v) is 5.88. The first kappa shape index (κ1) is 25.5. The molecule has 0 aliphatic carbocycles. The number of thiazole rings is 1. The first-order valence-electron chi connectivity index (χ1n) is 11.7. The van der Waals surface area contributed by atoms with E-state index in [1.165, 1.54) is 29.5 Å². The molecule has 1 aromatic carbocycles. The number of rotatable bonds is 8. The largest absolute Gasteiger partial charge is 0.478 e. The summed E-state index contributed by atoms with van der Waals surface area (Å²) in [5.74, 6) is -1.67. The van der Waals surface area contributed by atoms with Gasteiger partial charge in [-0.2, -0.15) is 0 Å². The van der Waals surface area contributed by atoms with Crippen LogP contribution in [0.2, 0.25) is 5.02 Å². The van der Waals surface area contributed by atoms with Crippen molar-refractivity contribution in [3.05, 3.63) is 69.1 Å². The number of anilines is 2. The van der Waals surface area contributed by atoms with Gasteiger partial charge in [-0.3, -0.25) is 14.6 Å². The Morgan fingerprint density at radius 2 is 2.11 bits per heavy atom. The Bertz CT molecular complexity index is 1340. The number of aromatic carboxylic acids is 1. The number of halogens is 2. The first-order valence-corrected chi connectivity index (χ1v) is 12.9. The molecule has 4 heterocycles. The lowest BCUT2D eigenvalue weighted by molar-refractivity contribution is 0.0607. The van der Waals surface area contributed by atoms with Crippen molar-refractivity contribution < 1.29 is 23.8 Å². The number of carboxylic acid groups (broad SMARTS) is 1. The second-order valence-electron chi connectivity index (χ2n) is 9.10. The Labute approximate surface area is 222 Å². The fraction of sp³-hybridized carbons (Fsp3) is 0.360. The van der Waals surface area contributed by atoms with E-state index < -0.39 is 11.8 Å². The van der Waals surface area contributed by atoms with E-state index in [-0.39, 0.29) is 40.9 Å². The van der Waals surface area contributed by atoms with Crippen LogP contribution in [-0.2, 0) is 11.3 Å². The van der Waals surface area contributed by atoms with Gasteiger partial charge in [0.25, 0.3) is 5.91 Å². The first-order chi connectivity index (χ1) is 17.8. The maximum Gasteiger partial charge on any atom is 0.336 e. The Morgan fingerprint density at radius 3 is 2.76 bits per heavy atom. The van der Waals surface area contributed by atoms with Gasteiger partial charge >= 0.3 is 5.97 Å². The lowest BCUT2D eigenvalue weighted by Crippen LogP contribution is -2.48. The van der Waals surface area contributed by atoms with E-state index in [1.54, 1.807) is 36.1 Å². The van der Waals surface area contributed by atoms with E-state index in [4.69, 9.17) is 21.3 Å². The van der Waals surface area contributed by atoms with Crippen LogP contribution in [0.15, 0.2) is 35.8 Å². The van der Waals surface area contributed by atoms with Crippen LogP contribution in [0.5, 0.6) is 0 Å². The molecule has 0 radical (unpaired) electrons. The van der Waals surface area contributed by atoms with Crippen molar-refractivity contribution in [1.29, 1.82) is 0 Å². The fourth-order valence-electron chi connectivity index (χ4n) is 5.07. The Hall–Kier alpha value is -3.12. The van der Waals surface area contributed by atoms with E-state index in [9.17, 15) is 19.1 Å². The summed E-state index contributed by atoms with van der Waals surface area (Å²) in [7, 11) is 1.55. The van der Waals surface area contributed by atoms with Gasteiger partial charge in [-0.05, 0) is 37.1 Å². The normalized spacial score (nSPS) is 19.0. The third-order valence-corrected chi connectivity index (χ3v) is 8.01. The van der Waals surface area contributed by atoms with Crippen LogP contribution in [0.1, 0.15) is 38.4 Å². The zero-order valence-electron chi connectivity index (χ0n) is 20.2. The van der Waals surface area contributed by atoms with E-state index in [1.807, 2.05) is 5.38 Å². The molecule has 2 aromatic heterocycles. The highest BCUT2D eigenvalue weighted by Gasteiger charge is 2.46. The van der Waals surface area contributed by atoms with Crippen molar-refractivity contribution in [3.8, 4) is 0 Å². The van der Waals surface area contributed by atoms with E-state index in [0.717, 1.165) is 6.42 Å². The maximum absolute atomic E-state index is 14.5. The molecule has 1 N–H and O–H groups in total. The van der Waals surface area contributed by atoms with Gasteiger partial charge in [0.05, 0.1) is 21.8 Å². The van der Waals surface area contributed by atoms with Crippen LogP contribution in [0.4, 0.5) is 15.3 Å². The number of aromatic nitrogens is 2. The number of hydrogen-bond acceptors (Lipinski definition) is 8. The second kappa shape index (κ2) is 10.3. The third-order valence-electron chi connectivity index (χ3n) is 6.92. The Morgan fingerprint density at radius 1 is 1.30 bits per heavy atom. The van der Waals surface area contributed by atoms with Crippen molar-refractivity contribution in [2.45, 2.75) is 32.0 Å². The quantitative estimate of drug-likeness (QED) is 0.421. The van der Waals surface area contributed by atoms with Gasteiger partial charge in [0.1, 0.15) is 12.5 Å². The molecule has 2 aliphatic heterocycles. The minimum atomic E-state index is -1.04. The number of pyridine rings is 1. The summed E-state index contributed by atoms with van der Waals surface area (Å²) < 4.78 is 19.8. The van der Waals surface area contributed by atoms with E-state index in [0.29, 0.717) is 41.8 Å². The molecule has 2 bridgehead atoms. The van der Waals surface area contributed by atoms with Crippen LogP contribution in [0, 0.1) is 12.7 Å². The summed E-state index contributed by atoms with van der Waals surface area (Å²) in [6.45, 7) is 3.38. The summed E-state index contributed by atoms with van der Waals surface area (Å²) in [5, 5.41) is 12.3. The Balaban J connectivity index is 1.38. The van der Waals surface area contributed by atoms with Gasteiger partial charge in [-0.15, -0.1) is 11.3 Å².